The molecule has 0 unspecified atom stereocenters. The molecule has 0 aromatic carbocycles. The minimum absolute atomic E-state index is 0.0322. The first-order valence-electron chi connectivity index (χ1n) is 3.01. The summed E-state index contributed by atoms with van der Waals surface area (Å²) in [6, 6.07) is 0. The summed E-state index contributed by atoms with van der Waals surface area (Å²) < 4.78 is 29.3. The Morgan fingerprint density at radius 1 is 1.62 bits per heavy atom. The third-order valence-corrected chi connectivity index (χ3v) is 1.94. The number of rotatable bonds is 4. The lowest BCUT2D eigenvalue weighted by atomic mass is 10.7. The van der Waals surface area contributed by atoms with Crippen molar-refractivity contribution in [1.29, 1.82) is 0 Å². The summed E-state index contributed by atoms with van der Waals surface area (Å²) in [5.74, 6) is 0. The molecule has 7 nitrogen and oxygen atoms in total. The van der Waals surface area contributed by atoms with Crippen LogP contribution in [-0.2, 0) is 14.9 Å². The van der Waals surface area contributed by atoms with Crippen molar-refractivity contribution in [3.63, 3.8) is 0 Å². The van der Waals surface area contributed by atoms with E-state index >= 15 is 0 Å². The Hall–Kier alpha value is -0.930. The smallest absolute Gasteiger partial charge is 0.421 e. The number of nitrogens with two attached hydrogens (primary N) is 1. The van der Waals surface area contributed by atoms with Crippen molar-refractivity contribution in [1.82, 2.24) is 9.44 Å². The molecule has 4 N–H and O–H groups in total. The maximum atomic E-state index is 10.9. The molecule has 0 saturated heterocycles. The average Bonchev–Trinajstić information content (AvgIpc) is 2.00. The number of nitrogens with one attached hydrogen (secondary N) is 2. The molecule has 0 heterocycles. The number of ether oxygens (including phenoxy) is 1. The van der Waals surface area contributed by atoms with E-state index < -0.39 is 16.3 Å². The summed E-state index contributed by atoms with van der Waals surface area (Å²) in [6.07, 6.45) is -1.09. The zero-order valence-corrected chi connectivity index (χ0v) is 8.37. The van der Waals surface area contributed by atoms with Gasteiger partial charge in [-0.25, -0.2) is 9.52 Å². The van der Waals surface area contributed by atoms with Crippen molar-refractivity contribution >= 4 is 33.5 Å². The molecule has 0 aliphatic rings. The lowest BCUT2D eigenvalue weighted by Gasteiger charge is -2.05. The van der Waals surface area contributed by atoms with Crippen molar-refractivity contribution in [3.05, 3.63) is 0 Å². The summed E-state index contributed by atoms with van der Waals surface area (Å²) in [7, 11) is -2.89. The van der Waals surface area contributed by atoms with Gasteiger partial charge in [-0.15, -0.1) is 0 Å². The van der Waals surface area contributed by atoms with Crippen LogP contribution >= 0.6 is 12.2 Å². The van der Waals surface area contributed by atoms with E-state index in [4.69, 9.17) is 5.73 Å². The summed E-state index contributed by atoms with van der Waals surface area (Å²) >= 11 is 4.41. The molecule has 13 heavy (non-hydrogen) atoms. The van der Waals surface area contributed by atoms with Gasteiger partial charge in [0.05, 0.1) is 18.6 Å². The minimum Gasteiger partial charge on any atom is -0.452 e. The molecule has 0 atom stereocenters. The fourth-order valence-electron chi connectivity index (χ4n) is 0.354. The summed E-state index contributed by atoms with van der Waals surface area (Å²) in [6.45, 7) is -0.221. The van der Waals surface area contributed by atoms with E-state index in [9.17, 15) is 13.2 Å². The van der Waals surface area contributed by atoms with Crippen LogP contribution < -0.4 is 15.2 Å². The zero-order valence-electron chi connectivity index (χ0n) is 6.73. The van der Waals surface area contributed by atoms with Crippen LogP contribution in [0, 0.1) is 0 Å². The van der Waals surface area contributed by atoms with E-state index in [2.05, 4.69) is 17.0 Å². The number of hydrogen-bond donors (Lipinski definition) is 3. The molecule has 0 fully saturated rings. The number of thiocarbonyl (C=S) groups is 1. The SMILES string of the molecule is COC(=O)NS(=O)(=O)NCC(N)=S. The zero-order chi connectivity index (χ0) is 10.5. The molecule has 0 spiro atoms. The Balaban J connectivity index is 4.10. The van der Waals surface area contributed by atoms with E-state index in [1.807, 2.05) is 4.72 Å². The highest BCUT2D eigenvalue weighted by Crippen LogP contribution is 1.79. The van der Waals surface area contributed by atoms with Crippen LogP contribution in [0.4, 0.5) is 4.79 Å². The van der Waals surface area contributed by atoms with Crippen molar-refractivity contribution in [2.75, 3.05) is 13.7 Å². The second kappa shape index (κ2) is 4.94. The van der Waals surface area contributed by atoms with E-state index in [1.165, 1.54) is 0 Å². The van der Waals surface area contributed by atoms with Crippen LogP contribution in [0.15, 0.2) is 0 Å². The molecule has 9 heteroatoms. The van der Waals surface area contributed by atoms with Gasteiger partial charge in [-0.2, -0.15) is 13.1 Å². The van der Waals surface area contributed by atoms with Gasteiger partial charge < -0.3 is 10.5 Å². The Bertz CT molecular complexity index is 299. The molecular formula is C4H9N3O4S2. The topological polar surface area (TPSA) is 111 Å². The van der Waals surface area contributed by atoms with Crippen LogP contribution in [0.25, 0.3) is 0 Å². The average molecular weight is 227 g/mol. The van der Waals surface area contributed by atoms with Crippen LogP contribution in [0.1, 0.15) is 0 Å². The maximum absolute atomic E-state index is 10.9. The summed E-state index contributed by atoms with van der Waals surface area (Å²) in [5, 5.41) is 0. The monoisotopic (exact) mass is 227 g/mol. The maximum Gasteiger partial charge on any atom is 0.421 e. The lowest BCUT2D eigenvalue weighted by Crippen LogP contribution is -2.43. The van der Waals surface area contributed by atoms with Crippen LogP contribution in [0.2, 0.25) is 0 Å². The standard InChI is InChI=1S/C4H9N3O4S2/c1-11-4(8)7-13(9,10)6-2-3(5)12/h6H,2H2,1H3,(H2,5,12)(H,7,8). The Morgan fingerprint density at radius 3 is 2.54 bits per heavy atom. The molecule has 0 saturated carbocycles. The number of amides is 1. The van der Waals surface area contributed by atoms with Gasteiger partial charge in [0.25, 0.3) is 0 Å². The predicted molar refractivity (Wildman–Crippen MR) is 49.2 cm³/mol. The second-order valence-electron chi connectivity index (χ2n) is 1.88. The Morgan fingerprint density at radius 2 is 2.15 bits per heavy atom. The van der Waals surface area contributed by atoms with Crippen molar-refractivity contribution in [2.45, 2.75) is 0 Å². The van der Waals surface area contributed by atoms with Crippen LogP contribution in [0.3, 0.4) is 0 Å². The molecule has 1 amide bonds. The quantitative estimate of drug-likeness (QED) is 0.502. The van der Waals surface area contributed by atoms with E-state index in [1.54, 1.807) is 4.72 Å². The van der Waals surface area contributed by atoms with Gasteiger partial charge in [-0.1, -0.05) is 12.2 Å². The molecule has 0 aromatic heterocycles. The van der Waals surface area contributed by atoms with Gasteiger partial charge in [0.15, 0.2) is 0 Å². The van der Waals surface area contributed by atoms with Gasteiger partial charge in [0.2, 0.25) is 0 Å². The molecule has 0 radical (unpaired) electrons. The highest BCUT2D eigenvalue weighted by Gasteiger charge is 2.13. The number of carbonyl (C=O) groups excluding carboxylic acids is 1. The third kappa shape index (κ3) is 6.25. The first-order chi connectivity index (χ1) is 5.87. The highest BCUT2D eigenvalue weighted by molar-refractivity contribution is 7.88. The summed E-state index contributed by atoms with van der Waals surface area (Å²) in [4.78, 5) is 10.4. The molecule has 0 aliphatic carbocycles. The van der Waals surface area contributed by atoms with Crippen molar-refractivity contribution in [3.8, 4) is 0 Å². The van der Waals surface area contributed by atoms with Crippen molar-refractivity contribution < 1.29 is 17.9 Å². The van der Waals surface area contributed by atoms with E-state index in [0.29, 0.717) is 0 Å². The second-order valence-corrected chi connectivity index (χ2v) is 3.91. The predicted octanol–water partition coefficient (Wildman–Crippen LogP) is -1.54. The highest BCUT2D eigenvalue weighted by atomic mass is 32.2. The molecule has 76 valence electrons. The van der Waals surface area contributed by atoms with Crippen LogP contribution in [-0.4, -0.2) is 33.2 Å². The molecule has 0 aromatic rings. The Kier molecular flexibility index (Phi) is 4.59. The van der Waals surface area contributed by atoms with E-state index in [-0.39, 0.29) is 11.5 Å². The fraction of sp³-hybridized carbons (Fsp3) is 0.500. The van der Waals surface area contributed by atoms with Gasteiger partial charge in [-0.3, -0.25) is 0 Å². The van der Waals surface area contributed by atoms with Crippen molar-refractivity contribution in [2.24, 2.45) is 5.73 Å². The summed E-state index contributed by atoms with van der Waals surface area (Å²) in [5.41, 5.74) is 5.02. The first-order valence-corrected chi connectivity index (χ1v) is 4.90. The molecule has 0 rings (SSSR count). The normalized spacial score (nSPS) is 10.5. The molecule has 0 bridgehead atoms. The van der Waals surface area contributed by atoms with Gasteiger partial charge in [-0.05, 0) is 0 Å². The van der Waals surface area contributed by atoms with Gasteiger partial charge in [0.1, 0.15) is 0 Å². The van der Waals surface area contributed by atoms with Gasteiger partial charge in [0, 0.05) is 0 Å². The fourth-order valence-corrected chi connectivity index (χ4v) is 1.24. The van der Waals surface area contributed by atoms with Gasteiger partial charge >= 0.3 is 16.3 Å². The third-order valence-electron chi connectivity index (χ3n) is 0.840. The first kappa shape index (κ1) is 12.1. The number of carbonyl (C=O) groups is 1. The minimum atomic E-state index is -3.93. The molecular weight excluding hydrogens is 218 g/mol. The van der Waals surface area contributed by atoms with E-state index in [0.717, 1.165) is 7.11 Å². The number of hydrogen-bond acceptors (Lipinski definition) is 5. The number of methoxy groups -OCH3 is 1. The lowest BCUT2D eigenvalue weighted by molar-refractivity contribution is 0.177. The largest absolute Gasteiger partial charge is 0.452 e. The Labute approximate surface area is 80.8 Å². The van der Waals surface area contributed by atoms with Crippen LogP contribution in [0.5, 0.6) is 0 Å². The molecule has 0 aliphatic heterocycles.